The van der Waals surface area contributed by atoms with Gasteiger partial charge in [0.2, 0.25) is 0 Å². The highest BCUT2D eigenvalue weighted by Crippen LogP contribution is 2.28. The van der Waals surface area contributed by atoms with Crippen LogP contribution in [0.15, 0.2) is 30.6 Å². The van der Waals surface area contributed by atoms with Crippen LogP contribution in [0.2, 0.25) is 0 Å². The van der Waals surface area contributed by atoms with Crippen LogP contribution in [0, 0.1) is 13.8 Å². The summed E-state index contributed by atoms with van der Waals surface area (Å²) < 4.78 is 0. The number of aromatic nitrogens is 6. The maximum atomic E-state index is 4.79. The Kier molecular flexibility index (Phi) is 4.13. The molecule has 0 amide bonds. The molecule has 0 bridgehead atoms. The van der Waals surface area contributed by atoms with Gasteiger partial charge in [0.05, 0.1) is 0 Å². The highest BCUT2D eigenvalue weighted by molar-refractivity contribution is 5.57. The third-order valence-corrected chi connectivity index (χ3v) is 4.49. The molecule has 7 heteroatoms. The van der Waals surface area contributed by atoms with Gasteiger partial charge in [-0.25, -0.2) is 15.0 Å². The molecule has 4 heterocycles. The van der Waals surface area contributed by atoms with Gasteiger partial charge in [-0.05, 0) is 38.8 Å². The number of anilines is 1. The first-order valence-corrected chi connectivity index (χ1v) is 8.59. The lowest BCUT2D eigenvalue weighted by Gasteiger charge is -2.32. The molecule has 1 unspecified atom stereocenters. The number of H-pyrrole nitrogens is 1. The van der Waals surface area contributed by atoms with Crippen molar-refractivity contribution in [2.45, 2.75) is 32.6 Å². The Hall–Kier alpha value is -2.83. The molecule has 1 N–H and O–H groups in total. The Morgan fingerprint density at radius 2 is 2.12 bits per heavy atom. The van der Waals surface area contributed by atoms with Gasteiger partial charge in [0.15, 0.2) is 11.6 Å². The van der Waals surface area contributed by atoms with Crippen molar-refractivity contribution >= 4 is 5.82 Å². The number of aryl methyl sites for hydroxylation is 2. The molecular weight excluding hydrogens is 314 g/mol. The summed E-state index contributed by atoms with van der Waals surface area (Å²) >= 11 is 0. The third kappa shape index (κ3) is 3.35. The molecule has 3 aromatic rings. The first-order chi connectivity index (χ1) is 12.2. The summed E-state index contributed by atoms with van der Waals surface area (Å²) in [6.07, 6.45) is 5.76. The summed E-state index contributed by atoms with van der Waals surface area (Å²) in [5.41, 5.74) is 1.89. The molecule has 4 rings (SSSR count). The topological polar surface area (TPSA) is 83.5 Å². The van der Waals surface area contributed by atoms with Crippen molar-refractivity contribution in [1.29, 1.82) is 0 Å². The lowest BCUT2D eigenvalue weighted by Crippen LogP contribution is -2.35. The number of piperidine rings is 1. The number of hydrogen-bond acceptors (Lipinski definition) is 6. The second-order valence-electron chi connectivity index (χ2n) is 6.50. The fourth-order valence-electron chi connectivity index (χ4n) is 3.28. The quantitative estimate of drug-likeness (QED) is 0.792. The second-order valence-corrected chi connectivity index (χ2v) is 6.50. The van der Waals surface area contributed by atoms with Gasteiger partial charge in [0.25, 0.3) is 0 Å². The van der Waals surface area contributed by atoms with Crippen LogP contribution in [-0.2, 0) is 0 Å². The summed E-state index contributed by atoms with van der Waals surface area (Å²) in [5, 5.41) is 7.29. The van der Waals surface area contributed by atoms with Crippen LogP contribution < -0.4 is 4.90 Å². The summed E-state index contributed by atoms with van der Waals surface area (Å²) in [4.78, 5) is 20.4. The number of pyridine rings is 1. The average Bonchev–Trinajstić information content (AvgIpc) is 3.08. The molecule has 0 aromatic carbocycles. The van der Waals surface area contributed by atoms with E-state index in [-0.39, 0.29) is 0 Å². The van der Waals surface area contributed by atoms with Gasteiger partial charge in [-0.2, -0.15) is 5.10 Å². The van der Waals surface area contributed by atoms with Gasteiger partial charge in [-0.15, -0.1) is 0 Å². The van der Waals surface area contributed by atoms with E-state index in [0.717, 1.165) is 60.5 Å². The van der Waals surface area contributed by atoms with Crippen molar-refractivity contribution in [2.75, 3.05) is 18.0 Å². The number of rotatable bonds is 3. The van der Waals surface area contributed by atoms with E-state index >= 15 is 0 Å². The van der Waals surface area contributed by atoms with E-state index in [1.165, 1.54) is 0 Å². The molecule has 0 saturated carbocycles. The monoisotopic (exact) mass is 335 g/mol. The van der Waals surface area contributed by atoms with Crippen molar-refractivity contribution < 1.29 is 0 Å². The summed E-state index contributed by atoms with van der Waals surface area (Å²) in [5.74, 6) is 3.78. The van der Waals surface area contributed by atoms with Gasteiger partial charge in [-0.1, -0.05) is 0 Å². The lowest BCUT2D eigenvalue weighted by molar-refractivity contribution is 0.489. The van der Waals surface area contributed by atoms with Crippen LogP contribution in [0.1, 0.15) is 36.1 Å². The van der Waals surface area contributed by atoms with Crippen molar-refractivity contribution in [3.63, 3.8) is 0 Å². The van der Waals surface area contributed by atoms with Crippen LogP contribution in [0.25, 0.3) is 11.4 Å². The molecule has 25 heavy (non-hydrogen) atoms. The van der Waals surface area contributed by atoms with Crippen molar-refractivity contribution in [3.05, 3.63) is 47.9 Å². The third-order valence-electron chi connectivity index (χ3n) is 4.49. The molecule has 1 fully saturated rings. The number of hydrogen-bond donors (Lipinski definition) is 1. The minimum Gasteiger partial charge on any atom is -0.356 e. The van der Waals surface area contributed by atoms with Gasteiger partial charge in [0.1, 0.15) is 11.6 Å². The molecule has 0 aliphatic carbocycles. The van der Waals surface area contributed by atoms with E-state index < -0.39 is 0 Å². The van der Waals surface area contributed by atoms with Crippen molar-refractivity contribution in [1.82, 2.24) is 30.1 Å². The Bertz CT molecular complexity index is 859. The Morgan fingerprint density at radius 1 is 1.20 bits per heavy atom. The van der Waals surface area contributed by atoms with E-state index in [0.29, 0.717) is 5.92 Å². The molecule has 1 saturated heterocycles. The first kappa shape index (κ1) is 15.7. The number of nitrogens with one attached hydrogen (secondary N) is 1. The van der Waals surface area contributed by atoms with Crippen LogP contribution in [-0.4, -0.2) is 43.2 Å². The molecule has 1 atom stereocenters. The molecule has 7 nitrogen and oxygen atoms in total. The van der Waals surface area contributed by atoms with Crippen LogP contribution in [0.4, 0.5) is 5.82 Å². The zero-order valence-corrected chi connectivity index (χ0v) is 14.5. The van der Waals surface area contributed by atoms with Crippen LogP contribution in [0.5, 0.6) is 0 Å². The predicted molar refractivity (Wildman–Crippen MR) is 95.3 cm³/mol. The minimum absolute atomic E-state index is 0.329. The van der Waals surface area contributed by atoms with Crippen molar-refractivity contribution in [2.24, 2.45) is 0 Å². The van der Waals surface area contributed by atoms with Gasteiger partial charge in [0, 0.05) is 48.7 Å². The zero-order chi connectivity index (χ0) is 17.2. The first-order valence-electron chi connectivity index (χ1n) is 8.59. The molecule has 3 aromatic heterocycles. The minimum atomic E-state index is 0.329. The largest absolute Gasteiger partial charge is 0.356 e. The lowest BCUT2D eigenvalue weighted by atomic mass is 9.97. The molecule has 1 aliphatic rings. The summed E-state index contributed by atoms with van der Waals surface area (Å²) in [6.45, 7) is 5.80. The maximum Gasteiger partial charge on any atom is 0.163 e. The highest BCUT2D eigenvalue weighted by atomic mass is 15.2. The van der Waals surface area contributed by atoms with E-state index in [2.05, 4.69) is 30.0 Å². The van der Waals surface area contributed by atoms with Gasteiger partial charge < -0.3 is 4.90 Å². The van der Waals surface area contributed by atoms with E-state index in [4.69, 9.17) is 4.98 Å². The standard InChI is InChI=1S/C18H21N7/c1-12-9-16(22-17(20-12)14-5-3-7-19-10-14)25-8-4-6-15(11-25)18-21-13(2)23-24-18/h3,5,7,9-10,15H,4,6,8,11H2,1-2H3,(H,21,23,24). The fraction of sp³-hybridized carbons (Fsp3) is 0.389. The van der Waals surface area contributed by atoms with E-state index in [9.17, 15) is 0 Å². The Balaban J connectivity index is 1.61. The molecule has 0 radical (unpaired) electrons. The second kappa shape index (κ2) is 6.58. The highest BCUT2D eigenvalue weighted by Gasteiger charge is 2.25. The van der Waals surface area contributed by atoms with Crippen LogP contribution in [0.3, 0.4) is 0 Å². The predicted octanol–water partition coefficient (Wildman–Crippen LogP) is 2.66. The smallest absolute Gasteiger partial charge is 0.163 e. The number of nitrogens with zero attached hydrogens (tertiary/aromatic N) is 6. The molecule has 128 valence electrons. The Morgan fingerprint density at radius 3 is 2.88 bits per heavy atom. The molecular formula is C18H21N7. The average molecular weight is 335 g/mol. The summed E-state index contributed by atoms with van der Waals surface area (Å²) in [7, 11) is 0. The SMILES string of the molecule is Cc1cc(N2CCCC(c3n[nH]c(C)n3)C2)nc(-c2cccnc2)n1. The van der Waals surface area contributed by atoms with Gasteiger partial charge >= 0.3 is 0 Å². The van der Waals surface area contributed by atoms with E-state index in [1.54, 1.807) is 12.4 Å². The Labute approximate surface area is 146 Å². The number of aromatic amines is 1. The van der Waals surface area contributed by atoms with Crippen LogP contribution >= 0.6 is 0 Å². The molecule has 1 aliphatic heterocycles. The normalized spacial score (nSPS) is 17.7. The molecule has 0 spiro atoms. The van der Waals surface area contributed by atoms with E-state index in [1.807, 2.05) is 32.0 Å². The van der Waals surface area contributed by atoms with Gasteiger partial charge in [-0.3, -0.25) is 10.1 Å². The zero-order valence-electron chi connectivity index (χ0n) is 14.5. The fourth-order valence-corrected chi connectivity index (χ4v) is 3.28. The maximum absolute atomic E-state index is 4.79. The summed E-state index contributed by atoms with van der Waals surface area (Å²) in [6, 6.07) is 5.94. The van der Waals surface area contributed by atoms with Crippen molar-refractivity contribution in [3.8, 4) is 11.4 Å².